The molecule has 2 heterocycles. The minimum Gasteiger partial charge on any atom is -0.352 e. The molecule has 29 heavy (non-hydrogen) atoms. The van der Waals surface area contributed by atoms with Crippen LogP contribution in [0.15, 0.2) is 46.7 Å². The Labute approximate surface area is 178 Å². The molecule has 0 aliphatic carbocycles. The normalized spacial score (nSPS) is 11.4. The van der Waals surface area contributed by atoms with Crippen molar-refractivity contribution in [2.45, 2.75) is 31.0 Å². The lowest BCUT2D eigenvalue weighted by atomic mass is 10.1. The molecule has 0 saturated heterocycles. The molecule has 1 aromatic carbocycles. The summed E-state index contributed by atoms with van der Waals surface area (Å²) in [6.07, 6.45) is 0.704. The van der Waals surface area contributed by atoms with Crippen molar-refractivity contribution in [2.24, 2.45) is 0 Å². The first kappa shape index (κ1) is 21.4. The van der Waals surface area contributed by atoms with Gasteiger partial charge in [-0.15, -0.1) is 11.3 Å². The van der Waals surface area contributed by atoms with E-state index in [-0.39, 0.29) is 21.4 Å². The van der Waals surface area contributed by atoms with Crippen LogP contribution in [0.5, 0.6) is 0 Å². The first-order valence-corrected chi connectivity index (χ1v) is 11.6. The average Bonchev–Trinajstić information content (AvgIpc) is 3.24. The number of para-hydroxylation sites is 1. The van der Waals surface area contributed by atoms with Gasteiger partial charge in [-0.05, 0) is 50.6 Å². The van der Waals surface area contributed by atoms with E-state index in [0.717, 1.165) is 22.7 Å². The summed E-state index contributed by atoms with van der Waals surface area (Å²) in [4.78, 5) is 12.6. The highest BCUT2D eigenvalue weighted by molar-refractivity contribution is 7.94. The number of carbonyl (C=O) groups is 1. The highest BCUT2D eigenvalue weighted by Crippen LogP contribution is 2.28. The van der Waals surface area contributed by atoms with Crippen LogP contribution in [0.1, 0.15) is 28.2 Å². The van der Waals surface area contributed by atoms with Crippen LogP contribution < -0.4 is 10.0 Å². The fourth-order valence-corrected chi connectivity index (χ4v) is 5.40. The molecule has 0 aliphatic heterocycles. The van der Waals surface area contributed by atoms with Crippen molar-refractivity contribution in [1.82, 2.24) is 15.1 Å². The Balaban J connectivity index is 1.63. The number of hydrogen-bond donors (Lipinski definition) is 2. The van der Waals surface area contributed by atoms with E-state index < -0.39 is 10.0 Å². The first-order valence-electron chi connectivity index (χ1n) is 8.93. The maximum atomic E-state index is 12.6. The van der Waals surface area contributed by atoms with Crippen molar-refractivity contribution in [3.8, 4) is 0 Å². The van der Waals surface area contributed by atoms with Crippen molar-refractivity contribution in [2.75, 3.05) is 11.3 Å². The number of nitrogens with one attached hydrogen (secondary N) is 2. The molecule has 3 aromatic rings. The van der Waals surface area contributed by atoms with Crippen molar-refractivity contribution in [3.63, 3.8) is 0 Å². The largest absolute Gasteiger partial charge is 0.352 e. The van der Waals surface area contributed by atoms with Gasteiger partial charge in [0.1, 0.15) is 4.21 Å². The molecule has 3 rings (SSSR count). The SMILES string of the molecule is Cc1cc(C)n(CCCNC(=O)c2ccccc2NS(=O)(=O)c2ccc(Cl)s2)n1. The Morgan fingerprint density at radius 2 is 1.97 bits per heavy atom. The van der Waals surface area contributed by atoms with Crippen LogP contribution in [0.3, 0.4) is 0 Å². The number of rotatable bonds is 8. The van der Waals surface area contributed by atoms with Crippen molar-refractivity contribution in [1.29, 1.82) is 0 Å². The van der Waals surface area contributed by atoms with Crippen LogP contribution in [0.4, 0.5) is 5.69 Å². The third-order valence-corrected chi connectivity index (χ3v) is 7.25. The fraction of sp³-hybridized carbons (Fsp3) is 0.263. The van der Waals surface area contributed by atoms with Gasteiger partial charge in [0.05, 0.1) is 21.3 Å². The first-order chi connectivity index (χ1) is 13.8. The number of sulfonamides is 1. The zero-order valence-electron chi connectivity index (χ0n) is 16.0. The lowest BCUT2D eigenvalue weighted by Gasteiger charge is -2.12. The van der Waals surface area contributed by atoms with Gasteiger partial charge in [0.25, 0.3) is 15.9 Å². The second-order valence-corrected chi connectivity index (χ2v) is 10.1. The monoisotopic (exact) mass is 452 g/mol. The standard InChI is InChI=1S/C19H21ClN4O3S2/c1-13-12-14(2)24(22-13)11-5-10-21-19(25)15-6-3-4-7-16(15)23-29(26,27)18-9-8-17(20)28-18/h3-4,6-9,12,23H,5,10-11H2,1-2H3,(H,21,25). The molecule has 10 heteroatoms. The van der Waals surface area contributed by atoms with E-state index in [1.54, 1.807) is 24.3 Å². The number of halogens is 1. The van der Waals surface area contributed by atoms with Crippen LogP contribution in [0, 0.1) is 13.8 Å². The lowest BCUT2D eigenvalue weighted by Crippen LogP contribution is -2.27. The van der Waals surface area contributed by atoms with Gasteiger partial charge < -0.3 is 5.32 Å². The molecule has 7 nitrogen and oxygen atoms in total. The lowest BCUT2D eigenvalue weighted by molar-refractivity contribution is 0.0953. The van der Waals surface area contributed by atoms with Crippen LogP contribution in [-0.4, -0.2) is 30.7 Å². The Bertz CT molecular complexity index is 1120. The Kier molecular flexibility index (Phi) is 6.61. The van der Waals surface area contributed by atoms with Crippen molar-refractivity contribution < 1.29 is 13.2 Å². The van der Waals surface area contributed by atoms with Gasteiger partial charge in [-0.2, -0.15) is 5.10 Å². The number of anilines is 1. The number of nitrogens with zero attached hydrogens (tertiary/aromatic N) is 2. The topological polar surface area (TPSA) is 93.1 Å². The van der Waals surface area contributed by atoms with E-state index in [1.165, 1.54) is 12.1 Å². The summed E-state index contributed by atoms with van der Waals surface area (Å²) in [5, 5.41) is 7.22. The summed E-state index contributed by atoms with van der Waals surface area (Å²) in [6, 6.07) is 11.4. The zero-order valence-corrected chi connectivity index (χ0v) is 18.4. The van der Waals surface area contributed by atoms with Crippen molar-refractivity contribution in [3.05, 3.63) is 63.8 Å². The van der Waals surface area contributed by atoms with E-state index in [4.69, 9.17) is 11.6 Å². The second kappa shape index (κ2) is 8.98. The number of amides is 1. The fourth-order valence-electron chi connectivity index (χ4n) is 2.83. The summed E-state index contributed by atoms with van der Waals surface area (Å²) < 4.78 is 29.9. The van der Waals surface area contributed by atoms with Crippen LogP contribution in [0.2, 0.25) is 4.34 Å². The highest BCUT2D eigenvalue weighted by Gasteiger charge is 2.20. The molecule has 0 radical (unpaired) electrons. The van der Waals surface area contributed by atoms with E-state index in [1.807, 2.05) is 24.6 Å². The molecule has 2 aromatic heterocycles. The maximum absolute atomic E-state index is 12.6. The van der Waals surface area contributed by atoms with Gasteiger partial charge in [0.15, 0.2) is 0 Å². The molecular weight excluding hydrogens is 432 g/mol. The second-order valence-electron chi connectivity index (χ2n) is 6.47. The number of hydrogen-bond acceptors (Lipinski definition) is 5. The number of thiophene rings is 1. The third kappa shape index (κ3) is 5.37. The molecule has 0 atom stereocenters. The van der Waals surface area contributed by atoms with Gasteiger partial charge in [0, 0.05) is 18.8 Å². The quantitative estimate of drug-likeness (QED) is 0.508. The smallest absolute Gasteiger partial charge is 0.271 e. The minimum atomic E-state index is -3.82. The molecule has 2 N–H and O–H groups in total. The molecule has 0 saturated carbocycles. The van der Waals surface area contributed by atoms with Gasteiger partial charge >= 0.3 is 0 Å². The highest BCUT2D eigenvalue weighted by atomic mass is 35.5. The van der Waals surface area contributed by atoms with E-state index >= 15 is 0 Å². The molecular formula is C19H21ClN4O3S2. The predicted molar refractivity (Wildman–Crippen MR) is 115 cm³/mol. The molecule has 154 valence electrons. The van der Waals surface area contributed by atoms with Crippen LogP contribution >= 0.6 is 22.9 Å². The molecule has 0 fully saturated rings. The summed E-state index contributed by atoms with van der Waals surface area (Å²) in [7, 11) is -3.82. The van der Waals surface area contributed by atoms with Crippen LogP contribution in [-0.2, 0) is 16.6 Å². The third-order valence-electron chi connectivity index (χ3n) is 4.17. The molecule has 0 aliphatic rings. The van der Waals surface area contributed by atoms with Gasteiger partial charge in [-0.1, -0.05) is 23.7 Å². The Morgan fingerprint density at radius 1 is 1.21 bits per heavy atom. The Hall–Kier alpha value is -2.36. The number of carbonyl (C=O) groups excluding carboxylic acids is 1. The maximum Gasteiger partial charge on any atom is 0.271 e. The Morgan fingerprint density at radius 3 is 2.62 bits per heavy atom. The minimum absolute atomic E-state index is 0.0857. The van der Waals surface area contributed by atoms with Gasteiger partial charge in [-0.3, -0.25) is 14.2 Å². The zero-order chi connectivity index (χ0) is 21.0. The van der Waals surface area contributed by atoms with Gasteiger partial charge in [-0.25, -0.2) is 8.42 Å². The van der Waals surface area contributed by atoms with Gasteiger partial charge in [0.2, 0.25) is 0 Å². The predicted octanol–water partition coefficient (Wildman–Crippen LogP) is 3.84. The molecule has 0 spiro atoms. The summed E-state index contributed by atoms with van der Waals surface area (Å²) >= 11 is 6.79. The number of aryl methyl sites for hydroxylation is 3. The van der Waals surface area contributed by atoms with Crippen molar-refractivity contribution >= 4 is 44.6 Å². The molecule has 0 bridgehead atoms. The number of aromatic nitrogens is 2. The van der Waals surface area contributed by atoms with Crippen LogP contribution in [0.25, 0.3) is 0 Å². The summed E-state index contributed by atoms with van der Waals surface area (Å²) in [5.74, 6) is -0.346. The summed E-state index contributed by atoms with van der Waals surface area (Å²) in [6.45, 7) is 5.06. The van der Waals surface area contributed by atoms with E-state index in [2.05, 4.69) is 15.1 Å². The molecule has 0 unspecified atom stereocenters. The number of benzene rings is 1. The molecule has 1 amide bonds. The van der Waals surface area contributed by atoms with E-state index in [0.29, 0.717) is 23.8 Å². The average molecular weight is 453 g/mol. The summed E-state index contributed by atoms with van der Waals surface area (Å²) in [5.41, 5.74) is 2.50. The van der Waals surface area contributed by atoms with E-state index in [9.17, 15) is 13.2 Å².